The molecule has 0 aliphatic carbocycles. The smallest absolute Gasteiger partial charge is 0.323 e. The highest BCUT2D eigenvalue weighted by Crippen LogP contribution is 2.42. The third-order valence-corrected chi connectivity index (χ3v) is 6.42. The van der Waals surface area contributed by atoms with Gasteiger partial charge in [0.1, 0.15) is 29.2 Å². The van der Waals surface area contributed by atoms with E-state index in [1.807, 2.05) is 59.5 Å². The number of amides is 2. The van der Waals surface area contributed by atoms with E-state index in [1.54, 1.807) is 44.2 Å². The molecule has 0 aromatic heterocycles. The number of anilines is 1. The molecule has 7 heteroatoms. The molecule has 0 bridgehead atoms. The Balaban J connectivity index is 1.51. The Morgan fingerprint density at radius 2 is 1.69 bits per heavy atom. The Kier molecular flexibility index (Phi) is 7.07. The summed E-state index contributed by atoms with van der Waals surface area (Å²) < 4.78 is 16.8. The maximum absolute atomic E-state index is 13.2. The van der Waals surface area contributed by atoms with E-state index in [-0.39, 0.29) is 11.4 Å². The molecule has 1 atom stereocenters. The topological polar surface area (TPSA) is 60.0 Å². The summed E-state index contributed by atoms with van der Waals surface area (Å²) in [4.78, 5) is 15.0. The molecule has 1 fully saturated rings. The first-order chi connectivity index (χ1) is 15.7. The minimum absolute atomic E-state index is 0.130. The zero-order valence-electron chi connectivity index (χ0n) is 18.1. The van der Waals surface area contributed by atoms with Crippen LogP contribution in [-0.4, -0.2) is 37.4 Å². The molecule has 3 aromatic carbocycles. The first-order valence-corrected chi connectivity index (χ1v) is 11.4. The molecule has 1 heterocycles. The number of hydrogen-bond acceptors (Lipinski definition) is 5. The van der Waals surface area contributed by atoms with Gasteiger partial charge in [-0.25, -0.2) is 4.79 Å². The van der Waals surface area contributed by atoms with E-state index in [0.29, 0.717) is 30.3 Å². The second-order valence-corrected chi connectivity index (χ2v) is 8.45. The summed E-state index contributed by atoms with van der Waals surface area (Å²) in [5.74, 6) is 2.88. The van der Waals surface area contributed by atoms with Crippen LogP contribution in [0.5, 0.6) is 17.2 Å². The third-order valence-electron chi connectivity index (χ3n) is 5.18. The molecule has 0 radical (unpaired) electrons. The van der Waals surface area contributed by atoms with Gasteiger partial charge in [-0.05, 0) is 11.6 Å². The lowest BCUT2D eigenvalue weighted by Crippen LogP contribution is -2.34. The highest BCUT2D eigenvalue weighted by molar-refractivity contribution is 7.99. The number of carbonyl (C=O) groups is 1. The summed E-state index contributed by atoms with van der Waals surface area (Å²) in [6.45, 7) is 1.13. The Morgan fingerprint density at radius 1 is 1.00 bits per heavy atom. The number of ether oxygens (including phenoxy) is 3. The van der Waals surface area contributed by atoms with Crippen molar-refractivity contribution in [3.63, 3.8) is 0 Å². The molecule has 1 N–H and O–H groups in total. The van der Waals surface area contributed by atoms with Crippen molar-refractivity contribution in [2.45, 2.75) is 12.0 Å². The molecular formula is C25H26N2O4S. The van der Waals surface area contributed by atoms with Crippen LogP contribution in [0.4, 0.5) is 10.5 Å². The summed E-state index contributed by atoms with van der Waals surface area (Å²) in [5, 5.41) is 2.85. The number of benzene rings is 3. The van der Waals surface area contributed by atoms with E-state index < -0.39 is 0 Å². The molecule has 166 valence electrons. The predicted octanol–water partition coefficient (Wildman–Crippen LogP) is 5.56. The maximum Gasteiger partial charge on any atom is 0.323 e. The monoisotopic (exact) mass is 450 g/mol. The van der Waals surface area contributed by atoms with E-state index in [2.05, 4.69) is 5.32 Å². The molecular weight excluding hydrogens is 424 g/mol. The van der Waals surface area contributed by atoms with Crippen LogP contribution in [0.3, 0.4) is 0 Å². The van der Waals surface area contributed by atoms with Gasteiger partial charge in [0.25, 0.3) is 0 Å². The lowest BCUT2D eigenvalue weighted by molar-refractivity contribution is 0.213. The second kappa shape index (κ2) is 10.3. The summed E-state index contributed by atoms with van der Waals surface area (Å²) in [7, 11) is 3.17. The van der Waals surface area contributed by atoms with Crippen LogP contribution in [0.15, 0.2) is 72.8 Å². The zero-order chi connectivity index (χ0) is 22.3. The van der Waals surface area contributed by atoms with Crippen molar-refractivity contribution in [3.05, 3.63) is 83.9 Å². The number of carbonyl (C=O) groups excluding carboxylic acids is 1. The van der Waals surface area contributed by atoms with E-state index in [0.717, 1.165) is 22.6 Å². The van der Waals surface area contributed by atoms with Gasteiger partial charge < -0.3 is 24.4 Å². The first-order valence-electron chi connectivity index (χ1n) is 10.4. The number of nitrogens with one attached hydrogen (secondary N) is 1. The van der Waals surface area contributed by atoms with Gasteiger partial charge in [0.2, 0.25) is 0 Å². The summed E-state index contributed by atoms with van der Waals surface area (Å²) in [5.41, 5.74) is 2.71. The van der Waals surface area contributed by atoms with Gasteiger partial charge in [0.05, 0.1) is 14.2 Å². The molecule has 1 saturated heterocycles. The van der Waals surface area contributed by atoms with Crippen LogP contribution in [0.2, 0.25) is 0 Å². The number of nitrogens with zero attached hydrogens (tertiary/aromatic N) is 1. The average Bonchev–Trinajstić information content (AvgIpc) is 3.33. The minimum Gasteiger partial charge on any atom is -0.497 e. The van der Waals surface area contributed by atoms with Crippen LogP contribution >= 0.6 is 11.8 Å². The summed E-state index contributed by atoms with van der Waals surface area (Å²) in [6, 6.07) is 23.1. The van der Waals surface area contributed by atoms with Crippen molar-refractivity contribution in [1.29, 1.82) is 0 Å². The van der Waals surface area contributed by atoms with Crippen LogP contribution in [-0.2, 0) is 6.61 Å². The Hall–Kier alpha value is -3.32. The lowest BCUT2D eigenvalue weighted by Gasteiger charge is -2.26. The van der Waals surface area contributed by atoms with E-state index in [9.17, 15) is 4.79 Å². The number of thioether (sulfide) groups is 1. The largest absolute Gasteiger partial charge is 0.497 e. The average molecular weight is 451 g/mol. The fourth-order valence-corrected chi connectivity index (χ4v) is 4.84. The summed E-state index contributed by atoms with van der Waals surface area (Å²) in [6.07, 6.45) is 0. The number of para-hydroxylation sites is 1. The molecule has 0 saturated carbocycles. The van der Waals surface area contributed by atoms with Crippen molar-refractivity contribution in [3.8, 4) is 17.2 Å². The van der Waals surface area contributed by atoms with Crippen molar-refractivity contribution in [2.75, 3.05) is 31.8 Å². The van der Waals surface area contributed by atoms with Gasteiger partial charge in [-0.15, -0.1) is 11.8 Å². The lowest BCUT2D eigenvalue weighted by atomic mass is 10.1. The standard InChI is InChI=1S/C25H26N2O4S/c1-29-20-14-19(15-21(16-20)30-2)26-25(28)27-12-13-32-24(27)22-10-6-7-11-23(22)31-17-18-8-4-3-5-9-18/h3-11,14-16,24H,12-13,17H2,1-2H3,(H,26,28)/t24-/m0/s1. The Bertz CT molecular complexity index is 1040. The third kappa shape index (κ3) is 5.11. The van der Waals surface area contributed by atoms with Crippen LogP contribution in [0, 0.1) is 0 Å². The quantitative estimate of drug-likeness (QED) is 0.511. The number of urea groups is 1. The molecule has 2 amide bonds. The molecule has 32 heavy (non-hydrogen) atoms. The Morgan fingerprint density at radius 3 is 2.41 bits per heavy atom. The number of rotatable bonds is 7. The molecule has 3 aromatic rings. The number of hydrogen-bond donors (Lipinski definition) is 1. The van der Waals surface area contributed by atoms with Gasteiger partial charge in [-0.3, -0.25) is 0 Å². The van der Waals surface area contributed by atoms with E-state index >= 15 is 0 Å². The normalized spacial score (nSPS) is 15.3. The fraction of sp³-hybridized carbons (Fsp3) is 0.240. The second-order valence-electron chi connectivity index (χ2n) is 7.26. The van der Waals surface area contributed by atoms with Gasteiger partial charge in [0, 0.05) is 41.7 Å². The number of methoxy groups -OCH3 is 2. The van der Waals surface area contributed by atoms with Crippen molar-refractivity contribution in [1.82, 2.24) is 4.90 Å². The van der Waals surface area contributed by atoms with E-state index in [1.165, 1.54) is 0 Å². The minimum atomic E-state index is -0.173. The van der Waals surface area contributed by atoms with Crippen LogP contribution < -0.4 is 19.5 Å². The van der Waals surface area contributed by atoms with Gasteiger partial charge in [-0.1, -0.05) is 48.5 Å². The summed E-state index contributed by atoms with van der Waals surface area (Å²) >= 11 is 1.73. The first kappa shape index (κ1) is 21.9. The van der Waals surface area contributed by atoms with Gasteiger partial charge >= 0.3 is 6.03 Å². The predicted molar refractivity (Wildman–Crippen MR) is 128 cm³/mol. The molecule has 4 rings (SSSR count). The van der Waals surface area contributed by atoms with Crippen molar-refractivity contribution < 1.29 is 19.0 Å². The zero-order valence-corrected chi connectivity index (χ0v) is 18.9. The highest BCUT2D eigenvalue weighted by atomic mass is 32.2. The fourth-order valence-electron chi connectivity index (χ4n) is 3.56. The molecule has 1 aliphatic rings. The highest BCUT2D eigenvalue weighted by Gasteiger charge is 2.32. The van der Waals surface area contributed by atoms with Gasteiger partial charge in [-0.2, -0.15) is 0 Å². The molecule has 0 unspecified atom stereocenters. The Labute approximate surface area is 192 Å². The SMILES string of the molecule is COc1cc(NC(=O)N2CCS[C@H]2c2ccccc2OCc2ccccc2)cc(OC)c1. The van der Waals surface area contributed by atoms with Crippen molar-refractivity contribution in [2.24, 2.45) is 0 Å². The molecule has 0 spiro atoms. The van der Waals surface area contributed by atoms with Crippen LogP contribution in [0.25, 0.3) is 0 Å². The van der Waals surface area contributed by atoms with E-state index in [4.69, 9.17) is 14.2 Å². The van der Waals surface area contributed by atoms with Crippen LogP contribution in [0.1, 0.15) is 16.5 Å². The van der Waals surface area contributed by atoms with Gasteiger partial charge in [0.15, 0.2) is 0 Å². The molecule has 1 aliphatic heterocycles. The van der Waals surface area contributed by atoms with Crippen molar-refractivity contribution >= 4 is 23.5 Å². The molecule has 6 nitrogen and oxygen atoms in total. The maximum atomic E-state index is 13.2.